The predicted octanol–water partition coefficient (Wildman–Crippen LogP) is 7.47. The van der Waals surface area contributed by atoms with Gasteiger partial charge in [0.2, 0.25) is 0 Å². The molecule has 33 heavy (non-hydrogen) atoms. The predicted molar refractivity (Wildman–Crippen MR) is 141 cm³/mol. The van der Waals surface area contributed by atoms with Crippen molar-refractivity contribution in [3.8, 4) is 45.0 Å². The molecule has 0 bridgehead atoms. The molecule has 5 aromatic rings. The van der Waals surface area contributed by atoms with Crippen LogP contribution >= 0.6 is 11.8 Å². The zero-order chi connectivity index (χ0) is 22.8. The second kappa shape index (κ2) is 9.30. The molecule has 2 aromatic heterocycles. The molecule has 1 unspecified atom stereocenters. The third-order valence-electron chi connectivity index (χ3n) is 5.75. The van der Waals surface area contributed by atoms with E-state index in [1.54, 1.807) is 18.0 Å². The fourth-order valence-electron chi connectivity index (χ4n) is 3.91. The van der Waals surface area contributed by atoms with Crippen molar-refractivity contribution >= 4 is 22.6 Å². The van der Waals surface area contributed by atoms with Gasteiger partial charge in [0.1, 0.15) is 0 Å². The lowest BCUT2D eigenvalue weighted by Gasteiger charge is -2.05. The SMILES string of the molecule is CSc1ccc(-c2ccc(-c3cccc(-c4ccc(-c5ccc(S(C)=O)cc5)[nH]4)c3)[nH]2)cc1. The summed E-state index contributed by atoms with van der Waals surface area (Å²) in [5, 5.41) is 0. The molecule has 0 aliphatic rings. The summed E-state index contributed by atoms with van der Waals surface area (Å²) in [4.78, 5) is 9.19. The Kier molecular flexibility index (Phi) is 6.07. The average molecular weight is 469 g/mol. The quantitative estimate of drug-likeness (QED) is 0.254. The first-order chi connectivity index (χ1) is 16.1. The number of hydrogen-bond acceptors (Lipinski definition) is 2. The van der Waals surface area contributed by atoms with E-state index in [2.05, 4.69) is 89.0 Å². The molecule has 0 amide bonds. The molecule has 0 aliphatic carbocycles. The van der Waals surface area contributed by atoms with Crippen LogP contribution in [-0.4, -0.2) is 26.7 Å². The van der Waals surface area contributed by atoms with Crippen LogP contribution in [-0.2, 0) is 10.8 Å². The molecule has 0 aliphatic heterocycles. The first-order valence-electron chi connectivity index (χ1n) is 10.7. The van der Waals surface area contributed by atoms with Crippen LogP contribution in [0.2, 0.25) is 0 Å². The third kappa shape index (κ3) is 4.61. The molecule has 2 N–H and O–H groups in total. The van der Waals surface area contributed by atoms with Crippen molar-refractivity contribution in [2.24, 2.45) is 0 Å². The molecule has 3 aromatic carbocycles. The second-order valence-electron chi connectivity index (χ2n) is 7.86. The van der Waals surface area contributed by atoms with Crippen LogP contribution in [0.4, 0.5) is 0 Å². The Balaban J connectivity index is 1.40. The van der Waals surface area contributed by atoms with Gasteiger partial charge in [-0.3, -0.25) is 4.21 Å². The molecular weight excluding hydrogens is 444 g/mol. The molecule has 3 nitrogen and oxygen atoms in total. The molecule has 0 saturated carbocycles. The number of rotatable bonds is 6. The lowest BCUT2D eigenvalue weighted by molar-refractivity contribution is 0.687. The molecular formula is C28H24N2OS2. The van der Waals surface area contributed by atoms with E-state index in [-0.39, 0.29) is 0 Å². The molecule has 0 fully saturated rings. The van der Waals surface area contributed by atoms with Gasteiger partial charge in [-0.2, -0.15) is 0 Å². The minimum atomic E-state index is -0.965. The highest BCUT2D eigenvalue weighted by Crippen LogP contribution is 2.30. The van der Waals surface area contributed by atoms with Crippen LogP contribution in [0, 0.1) is 0 Å². The van der Waals surface area contributed by atoms with Gasteiger partial charge in [0.05, 0.1) is 0 Å². The maximum Gasteiger partial charge on any atom is 0.0498 e. The van der Waals surface area contributed by atoms with Crippen LogP contribution in [0.1, 0.15) is 0 Å². The Morgan fingerprint density at radius 1 is 0.606 bits per heavy atom. The normalized spacial score (nSPS) is 12.1. The van der Waals surface area contributed by atoms with Crippen molar-refractivity contribution in [2.45, 2.75) is 9.79 Å². The van der Waals surface area contributed by atoms with Crippen LogP contribution in [0.5, 0.6) is 0 Å². The maximum absolute atomic E-state index is 11.6. The minimum Gasteiger partial charge on any atom is -0.355 e. The summed E-state index contributed by atoms with van der Waals surface area (Å²) in [6, 6.07) is 33.5. The van der Waals surface area contributed by atoms with E-state index in [1.807, 2.05) is 24.3 Å². The standard InChI is InChI=1S/C28H24N2OS2/c1-32-23-10-6-19(7-11-23)25-14-16-27(29-25)21-4-3-5-22(18-21)28-17-15-26(30-28)20-8-12-24(13-9-20)33(2)31/h3-18,29-30H,1-2H3. The number of nitrogens with one attached hydrogen (secondary N) is 2. The summed E-state index contributed by atoms with van der Waals surface area (Å²) in [7, 11) is -0.965. The summed E-state index contributed by atoms with van der Waals surface area (Å²) in [5.74, 6) is 0. The van der Waals surface area contributed by atoms with Crippen molar-refractivity contribution in [1.29, 1.82) is 0 Å². The summed E-state index contributed by atoms with van der Waals surface area (Å²) in [5.41, 5.74) is 8.85. The van der Waals surface area contributed by atoms with Gasteiger partial charge in [0, 0.05) is 49.6 Å². The largest absolute Gasteiger partial charge is 0.355 e. The van der Waals surface area contributed by atoms with Gasteiger partial charge in [0.25, 0.3) is 0 Å². The zero-order valence-electron chi connectivity index (χ0n) is 18.5. The summed E-state index contributed by atoms with van der Waals surface area (Å²) >= 11 is 1.75. The van der Waals surface area contributed by atoms with E-state index in [4.69, 9.17) is 0 Å². The third-order valence-corrected chi connectivity index (χ3v) is 7.43. The number of benzene rings is 3. The van der Waals surface area contributed by atoms with Gasteiger partial charge >= 0.3 is 0 Å². The highest BCUT2D eigenvalue weighted by atomic mass is 32.2. The van der Waals surface area contributed by atoms with Crippen LogP contribution in [0.3, 0.4) is 0 Å². The maximum atomic E-state index is 11.6. The molecule has 5 heteroatoms. The Morgan fingerprint density at radius 3 is 1.52 bits per heavy atom. The Morgan fingerprint density at radius 2 is 1.06 bits per heavy atom. The first-order valence-corrected chi connectivity index (χ1v) is 13.5. The fraction of sp³-hybridized carbons (Fsp3) is 0.0714. The van der Waals surface area contributed by atoms with Crippen molar-refractivity contribution in [2.75, 3.05) is 12.5 Å². The van der Waals surface area contributed by atoms with Crippen LogP contribution in [0.15, 0.2) is 107 Å². The summed E-state index contributed by atoms with van der Waals surface area (Å²) < 4.78 is 11.6. The number of aromatic amines is 2. The van der Waals surface area contributed by atoms with Gasteiger partial charge < -0.3 is 9.97 Å². The smallest absolute Gasteiger partial charge is 0.0498 e. The summed E-state index contributed by atoms with van der Waals surface area (Å²) in [6.07, 6.45) is 3.79. The average Bonchev–Trinajstić information content (AvgIpc) is 3.55. The zero-order valence-corrected chi connectivity index (χ0v) is 20.1. The second-order valence-corrected chi connectivity index (χ2v) is 10.1. The molecule has 0 spiro atoms. The molecule has 0 saturated heterocycles. The topological polar surface area (TPSA) is 48.6 Å². The van der Waals surface area contributed by atoms with Crippen molar-refractivity contribution in [3.05, 3.63) is 97.1 Å². The molecule has 164 valence electrons. The van der Waals surface area contributed by atoms with Gasteiger partial charge in [-0.15, -0.1) is 11.8 Å². The Bertz CT molecular complexity index is 1410. The van der Waals surface area contributed by atoms with Crippen molar-refractivity contribution in [3.63, 3.8) is 0 Å². The molecule has 1 atom stereocenters. The van der Waals surface area contributed by atoms with E-state index in [9.17, 15) is 4.21 Å². The number of H-pyrrole nitrogens is 2. The monoisotopic (exact) mass is 468 g/mol. The highest BCUT2D eigenvalue weighted by molar-refractivity contribution is 7.98. The molecule has 5 rings (SSSR count). The number of thioether (sulfide) groups is 1. The number of aromatic nitrogens is 2. The van der Waals surface area contributed by atoms with E-state index in [1.165, 1.54) is 10.5 Å². The van der Waals surface area contributed by atoms with Gasteiger partial charge in [0.15, 0.2) is 0 Å². The van der Waals surface area contributed by atoms with Gasteiger partial charge in [-0.05, 0) is 83.1 Å². The van der Waals surface area contributed by atoms with Crippen molar-refractivity contribution in [1.82, 2.24) is 9.97 Å². The lowest BCUT2D eigenvalue weighted by Crippen LogP contribution is -1.87. The van der Waals surface area contributed by atoms with Crippen LogP contribution < -0.4 is 0 Å². The van der Waals surface area contributed by atoms with E-state index < -0.39 is 10.8 Å². The minimum absolute atomic E-state index is 0.837. The Labute approximate surface area is 200 Å². The van der Waals surface area contributed by atoms with Gasteiger partial charge in [-0.25, -0.2) is 0 Å². The van der Waals surface area contributed by atoms with E-state index >= 15 is 0 Å². The Hall–Kier alpha value is -3.28. The van der Waals surface area contributed by atoms with E-state index in [0.717, 1.165) is 44.4 Å². The highest BCUT2D eigenvalue weighted by Gasteiger charge is 2.08. The lowest BCUT2D eigenvalue weighted by atomic mass is 10.1. The molecule has 0 radical (unpaired) electrons. The van der Waals surface area contributed by atoms with Crippen molar-refractivity contribution < 1.29 is 4.21 Å². The van der Waals surface area contributed by atoms with E-state index in [0.29, 0.717) is 0 Å². The fourth-order valence-corrected chi connectivity index (χ4v) is 4.84. The van der Waals surface area contributed by atoms with Crippen LogP contribution in [0.25, 0.3) is 45.0 Å². The first kappa shape index (κ1) is 21.6. The summed E-state index contributed by atoms with van der Waals surface area (Å²) in [6.45, 7) is 0. The number of hydrogen-bond donors (Lipinski definition) is 2. The molecule has 2 heterocycles. The van der Waals surface area contributed by atoms with Gasteiger partial charge in [-0.1, -0.05) is 42.5 Å².